The predicted molar refractivity (Wildman–Crippen MR) is 43.4 cm³/mol. The Balaban J connectivity index is 0.000000217. The fourth-order valence-corrected chi connectivity index (χ4v) is 1.13. The van der Waals surface area contributed by atoms with Gasteiger partial charge in [-0.3, -0.25) is 4.79 Å². The summed E-state index contributed by atoms with van der Waals surface area (Å²) in [7, 11) is -6.00. The minimum absolute atomic E-state index is 0.0231. The van der Waals surface area contributed by atoms with Crippen molar-refractivity contribution in [2.45, 2.75) is 0 Å². The lowest BCUT2D eigenvalue weighted by Crippen LogP contribution is -2.18. The first-order valence-electron chi connectivity index (χ1n) is 2.63. The van der Waals surface area contributed by atoms with E-state index in [1.807, 2.05) is 0 Å². The van der Waals surface area contributed by atoms with Crippen molar-refractivity contribution in [1.82, 2.24) is 5.32 Å². The lowest BCUT2D eigenvalue weighted by atomic mass is 10.3. The number of halogens is 4. The molecule has 1 aliphatic rings. The van der Waals surface area contributed by atoms with E-state index in [0.717, 1.165) is 0 Å². The largest absolute Gasteiger partial charge is 0.673 e. The molecule has 0 aromatic heterocycles. The molecule has 0 aromatic carbocycles. The number of thioether (sulfide) groups is 1. The monoisotopic (exact) mass is 220 g/mol. The molecule has 1 amide bonds. The zero-order valence-electron chi connectivity index (χ0n) is 5.52. The summed E-state index contributed by atoms with van der Waals surface area (Å²) in [4.78, 5) is 10.2. The van der Waals surface area contributed by atoms with E-state index in [0.29, 0.717) is 10.1 Å². The van der Waals surface area contributed by atoms with Crippen molar-refractivity contribution in [1.29, 1.82) is 0 Å². The molecule has 0 bridgehead atoms. The van der Waals surface area contributed by atoms with Crippen molar-refractivity contribution >= 4 is 41.5 Å². The first kappa shape index (κ1) is 11.7. The molecule has 70 valence electrons. The quantitative estimate of drug-likeness (QED) is 0.380. The van der Waals surface area contributed by atoms with Gasteiger partial charge in [0.2, 0.25) is 5.91 Å². The van der Waals surface area contributed by atoms with Gasteiger partial charge in [0.25, 0.3) is 0 Å². The van der Waals surface area contributed by atoms with Gasteiger partial charge in [0.1, 0.15) is 4.32 Å². The molecule has 12 heavy (non-hydrogen) atoms. The molecule has 9 heteroatoms. The number of amides is 1. The topological polar surface area (TPSA) is 29.1 Å². The van der Waals surface area contributed by atoms with E-state index >= 15 is 0 Å². The van der Waals surface area contributed by atoms with Gasteiger partial charge in [0.05, 0.1) is 5.75 Å². The highest BCUT2D eigenvalue weighted by molar-refractivity contribution is 8.24. The van der Waals surface area contributed by atoms with E-state index < -0.39 is 7.25 Å². The van der Waals surface area contributed by atoms with Crippen molar-refractivity contribution < 1.29 is 22.1 Å². The lowest BCUT2D eigenvalue weighted by molar-refractivity contribution is -0.116. The van der Waals surface area contributed by atoms with Crippen molar-refractivity contribution in [2.75, 3.05) is 5.75 Å². The fraction of sp³-hybridized carbons (Fsp3) is 0.333. The number of carbonyl (C=O) groups is 1. The molecule has 0 aliphatic carbocycles. The first-order valence-corrected chi connectivity index (χ1v) is 4.02. The Morgan fingerprint density at radius 1 is 1.42 bits per heavy atom. The Hall–Kier alpha value is -0.305. The van der Waals surface area contributed by atoms with Crippen LogP contribution in [0.25, 0.3) is 0 Å². The van der Waals surface area contributed by atoms with Gasteiger partial charge in [0.15, 0.2) is 0 Å². The molecule has 0 aromatic rings. The third-order valence-electron chi connectivity index (χ3n) is 0.576. The van der Waals surface area contributed by atoms with Gasteiger partial charge in [0, 0.05) is 0 Å². The SMILES string of the molecule is F[B-](F)(F)F.O=C1CSC(=S)N1. The molecule has 2 nitrogen and oxygen atoms in total. The Bertz CT molecular complexity index is 175. The standard InChI is InChI=1S/C3H3NOS2.BF4/c5-2-1-7-3(6)4-2;2-1(3,4)5/h1H2,(H,4,5,6);/q;-1. The Morgan fingerprint density at radius 3 is 1.92 bits per heavy atom. The molecule has 1 N–H and O–H groups in total. The van der Waals surface area contributed by atoms with Crippen LogP contribution in [0.4, 0.5) is 17.3 Å². The second kappa shape index (κ2) is 4.66. The normalized spacial score (nSPS) is 16.7. The van der Waals surface area contributed by atoms with Gasteiger partial charge in [-0.25, -0.2) is 0 Å². The summed E-state index contributed by atoms with van der Waals surface area (Å²) in [6.07, 6.45) is 0. The molecular weight excluding hydrogens is 217 g/mol. The summed E-state index contributed by atoms with van der Waals surface area (Å²) in [6.45, 7) is 0. The molecule has 0 radical (unpaired) electrons. The molecular formula is C3H3BF4NOS2-. The van der Waals surface area contributed by atoms with Crippen molar-refractivity contribution in [2.24, 2.45) is 0 Å². The third kappa shape index (κ3) is 9.69. The van der Waals surface area contributed by atoms with Crippen LogP contribution < -0.4 is 5.32 Å². The number of nitrogens with one attached hydrogen (secondary N) is 1. The molecule has 1 heterocycles. The van der Waals surface area contributed by atoms with Crippen molar-refractivity contribution in [3.8, 4) is 0 Å². The minimum Gasteiger partial charge on any atom is -0.418 e. The van der Waals surface area contributed by atoms with Crippen molar-refractivity contribution in [3.05, 3.63) is 0 Å². The van der Waals surface area contributed by atoms with Crippen LogP contribution in [0.15, 0.2) is 0 Å². The number of carbonyl (C=O) groups excluding carboxylic acids is 1. The van der Waals surface area contributed by atoms with Gasteiger partial charge < -0.3 is 22.6 Å². The summed E-state index contributed by atoms with van der Waals surface area (Å²) in [5, 5.41) is 2.47. The first-order chi connectivity index (χ1) is 5.29. The second-order valence-electron chi connectivity index (χ2n) is 1.62. The zero-order chi connectivity index (χ0) is 9.78. The summed E-state index contributed by atoms with van der Waals surface area (Å²) in [5.41, 5.74) is 0. The van der Waals surface area contributed by atoms with Crippen LogP contribution in [-0.2, 0) is 4.79 Å². The van der Waals surface area contributed by atoms with Crippen LogP contribution in [0, 0.1) is 0 Å². The number of rotatable bonds is 0. The van der Waals surface area contributed by atoms with Crippen LogP contribution in [-0.4, -0.2) is 23.2 Å². The molecule has 1 aliphatic heterocycles. The van der Waals surface area contributed by atoms with E-state index in [1.165, 1.54) is 11.8 Å². The summed E-state index contributed by atoms with van der Waals surface area (Å²) < 4.78 is 39.6. The second-order valence-corrected chi connectivity index (χ2v) is 3.27. The van der Waals surface area contributed by atoms with Gasteiger partial charge in [-0.1, -0.05) is 24.0 Å². The Labute approximate surface area is 75.2 Å². The maximum atomic E-state index is 10.2. The van der Waals surface area contributed by atoms with E-state index in [9.17, 15) is 22.1 Å². The summed E-state index contributed by atoms with van der Waals surface area (Å²) in [5.74, 6) is 0.522. The van der Waals surface area contributed by atoms with Crippen LogP contribution in [0.1, 0.15) is 0 Å². The fourth-order valence-electron chi connectivity index (χ4n) is 0.317. The van der Waals surface area contributed by atoms with Gasteiger partial charge in [-0.2, -0.15) is 0 Å². The molecule has 0 atom stereocenters. The van der Waals surface area contributed by atoms with E-state index in [-0.39, 0.29) is 5.91 Å². The number of hydrogen-bond donors (Lipinski definition) is 1. The smallest absolute Gasteiger partial charge is 0.418 e. The highest BCUT2D eigenvalue weighted by atomic mass is 32.2. The zero-order valence-corrected chi connectivity index (χ0v) is 7.15. The Morgan fingerprint density at radius 2 is 1.83 bits per heavy atom. The molecule has 1 saturated heterocycles. The molecule has 1 fully saturated rings. The highest BCUT2D eigenvalue weighted by Gasteiger charge is 2.20. The third-order valence-corrected chi connectivity index (χ3v) is 1.80. The van der Waals surface area contributed by atoms with E-state index in [1.54, 1.807) is 0 Å². The van der Waals surface area contributed by atoms with Crippen LogP contribution in [0.3, 0.4) is 0 Å². The number of hydrogen-bond acceptors (Lipinski definition) is 3. The lowest BCUT2D eigenvalue weighted by Gasteiger charge is -1.94. The minimum atomic E-state index is -6.00. The van der Waals surface area contributed by atoms with Crippen LogP contribution in [0.2, 0.25) is 0 Å². The van der Waals surface area contributed by atoms with E-state index in [2.05, 4.69) is 17.5 Å². The maximum absolute atomic E-state index is 10.2. The van der Waals surface area contributed by atoms with Crippen LogP contribution in [0.5, 0.6) is 0 Å². The molecule has 0 saturated carbocycles. The van der Waals surface area contributed by atoms with Gasteiger partial charge >= 0.3 is 7.25 Å². The summed E-state index contributed by atoms with van der Waals surface area (Å²) in [6, 6.07) is 0. The van der Waals surface area contributed by atoms with Gasteiger partial charge in [-0.05, 0) is 0 Å². The van der Waals surface area contributed by atoms with Gasteiger partial charge in [-0.15, -0.1) is 0 Å². The van der Waals surface area contributed by atoms with Crippen LogP contribution >= 0.6 is 24.0 Å². The number of thiocarbonyl (C=S) groups is 1. The molecule has 0 unspecified atom stereocenters. The highest BCUT2D eigenvalue weighted by Crippen LogP contribution is 2.07. The average Bonchev–Trinajstić information content (AvgIpc) is 2.09. The predicted octanol–water partition coefficient (Wildman–Crippen LogP) is 1.43. The Kier molecular flexibility index (Phi) is 4.54. The maximum Gasteiger partial charge on any atom is 0.673 e. The van der Waals surface area contributed by atoms with Crippen molar-refractivity contribution in [3.63, 3.8) is 0 Å². The summed E-state index contributed by atoms with van der Waals surface area (Å²) >= 11 is 6.00. The molecule has 0 spiro atoms. The molecule has 1 rings (SSSR count). The average molecular weight is 220 g/mol. The van der Waals surface area contributed by atoms with E-state index in [4.69, 9.17) is 0 Å².